The predicted octanol–water partition coefficient (Wildman–Crippen LogP) is 2.47. The molecule has 1 fully saturated rings. The molecule has 0 bridgehead atoms. The minimum atomic E-state index is -0.809. The highest BCUT2D eigenvalue weighted by atomic mass is 32.1. The van der Waals surface area contributed by atoms with Gasteiger partial charge < -0.3 is 15.3 Å². The van der Waals surface area contributed by atoms with E-state index in [0.29, 0.717) is 19.4 Å². The van der Waals surface area contributed by atoms with Crippen LogP contribution in [0.4, 0.5) is 10.5 Å². The van der Waals surface area contributed by atoms with Crippen LogP contribution in [0, 0.1) is 5.41 Å². The van der Waals surface area contributed by atoms with Crippen molar-refractivity contribution in [2.45, 2.75) is 19.8 Å². The molecule has 2 rings (SSSR count). The van der Waals surface area contributed by atoms with Crippen molar-refractivity contribution < 1.29 is 14.7 Å². The lowest BCUT2D eigenvalue weighted by Crippen LogP contribution is -2.38. The highest BCUT2D eigenvalue weighted by molar-refractivity contribution is 7.08. The number of rotatable bonds is 3. The summed E-state index contributed by atoms with van der Waals surface area (Å²) in [6.07, 6.45) is 1.07. The van der Waals surface area contributed by atoms with Gasteiger partial charge in [0.15, 0.2) is 0 Å². The van der Waals surface area contributed by atoms with Crippen molar-refractivity contribution in [3.63, 3.8) is 0 Å². The summed E-state index contributed by atoms with van der Waals surface area (Å²) < 4.78 is 0. The van der Waals surface area contributed by atoms with Crippen LogP contribution in [-0.4, -0.2) is 35.1 Å². The lowest BCUT2D eigenvalue weighted by atomic mass is 9.84. The Bertz CT molecular complexity index is 446. The molecule has 1 aliphatic rings. The van der Waals surface area contributed by atoms with E-state index in [-0.39, 0.29) is 12.6 Å². The summed E-state index contributed by atoms with van der Waals surface area (Å²) in [5, 5.41) is 15.8. The molecular weight excluding hydrogens is 252 g/mol. The van der Waals surface area contributed by atoms with Crippen molar-refractivity contribution >= 4 is 29.0 Å². The monoisotopic (exact) mass is 268 g/mol. The second kappa shape index (κ2) is 4.97. The SMILES string of the molecule is CCC1(C(=O)O)CCN(C(=O)Nc2ccsc2)C1. The van der Waals surface area contributed by atoms with Gasteiger partial charge in [0.1, 0.15) is 0 Å². The Morgan fingerprint density at radius 2 is 2.39 bits per heavy atom. The molecule has 1 saturated heterocycles. The van der Waals surface area contributed by atoms with Crippen LogP contribution in [0.15, 0.2) is 16.8 Å². The number of likely N-dealkylation sites (tertiary alicyclic amines) is 1. The summed E-state index contributed by atoms with van der Waals surface area (Å²) in [6, 6.07) is 1.60. The molecule has 1 unspecified atom stereocenters. The molecule has 2 amide bonds. The molecule has 18 heavy (non-hydrogen) atoms. The largest absolute Gasteiger partial charge is 0.481 e. The second-order valence-corrected chi connectivity index (χ2v) is 5.33. The van der Waals surface area contributed by atoms with Gasteiger partial charge in [-0.2, -0.15) is 11.3 Å². The van der Waals surface area contributed by atoms with Crippen LogP contribution in [-0.2, 0) is 4.79 Å². The fraction of sp³-hybridized carbons (Fsp3) is 0.500. The molecule has 1 aromatic rings. The maximum absolute atomic E-state index is 12.0. The predicted molar refractivity (Wildman–Crippen MR) is 69.9 cm³/mol. The van der Waals surface area contributed by atoms with E-state index in [1.165, 1.54) is 11.3 Å². The highest BCUT2D eigenvalue weighted by Gasteiger charge is 2.44. The molecule has 0 aromatic carbocycles. The number of nitrogens with one attached hydrogen (secondary N) is 1. The zero-order chi connectivity index (χ0) is 13.2. The van der Waals surface area contributed by atoms with Crippen LogP contribution in [0.25, 0.3) is 0 Å². The van der Waals surface area contributed by atoms with Crippen molar-refractivity contribution in [3.05, 3.63) is 16.8 Å². The first-order valence-electron chi connectivity index (χ1n) is 5.89. The van der Waals surface area contributed by atoms with E-state index in [1.54, 1.807) is 4.90 Å². The first-order chi connectivity index (χ1) is 8.57. The Kier molecular flexibility index (Phi) is 3.56. The number of nitrogens with zero attached hydrogens (tertiary/aromatic N) is 1. The van der Waals surface area contributed by atoms with Crippen molar-refractivity contribution in [3.8, 4) is 0 Å². The molecule has 2 heterocycles. The third-order valence-corrected chi connectivity index (χ3v) is 4.23. The molecule has 0 aliphatic carbocycles. The van der Waals surface area contributed by atoms with Gasteiger partial charge in [0, 0.05) is 18.5 Å². The van der Waals surface area contributed by atoms with E-state index in [4.69, 9.17) is 0 Å². The molecule has 1 atom stereocenters. The Morgan fingerprint density at radius 1 is 1.61 bits per heavy atom. The van der Waals surface area contributed by atoms with Gasteiger partial charge in [0.25, 0.3) is 0 Å². The summed E-state index contributed by atoms with van der Waals surface area (Å²) in [5.74, 6) is -0.809. The Morgan fingerprint density at radius 3 is 2.89 bits per heavy atom. The Hall–Kier alpha value is -1.56. The van der Waals surface area contributed by atoms with E-state index >= 15 is 0 Å². The fourth-order valence-corrected chi connectivity index (χ4v) is 2.79. The van der Waals surface area contributed by atoms with Gasteiger partial charge in [-0.15, -0.1) is 0 Å². The van der Waals surface area contributed by atoms with Gasteiger partial charge in [-0.3, -0.25) is 4.79 Å². The van der Waals surface area contributed by atoms with Crippen LogP contribution in [0.1, 0.15) is 19.8 Å². The molecule has 0 radical (unpaired) electrons. The zero-order valence-corrected chi connectivity index (χ0v) is 11.0. The normalized spacial score (nSPS) is 23.1. The van der Waals surface area contributed by atoms with Crippen LogP contribution in [0.3, 0.4) is 0 Å². The van der Waals surface area contributed by atoms with Crippen molar-refractivity contribution in [1.82, 2.24) is 4.90 Å². The topological polar surface area (TPSA) is 69.6 Å². The van der Waals surface area contributed by atoms with Crippen molar-refractivity contribution in [1.29, 1.82) is 0 Å². The third kappa shape index (κ3) is 2.33. The van der Waals surface area contributed by atoms with Crippen LogP contribution in [0.2, 0.25) is 0 Å². The summed E-state index contributed by atoms with van der Waals surface area (Å²) in [4.78, 5) is 24.8. The van der Waals surface area contributed by atoms with Crippen LogP contribution in [0.5, 0.6) is 0 Å². The molecule has 98 valence electrons. The summed E-state index contributed by atoms with van der Waals surface area (Å²) >= 11 is 1.51. The van der Waals surface area contributed by atoms with Gasteiger partial charge in [0.2, 0.25) is 0 Å². The molecule has 5 nitrogen and oxygen atoms in total. The first-order valence-corrected chi connectivity index (χ1v) is 6.83. The van der Waals surface area contributed by atoms with E-state index in [9.17, 15) is 14.7 Å². The van der Waals surface area contributed by atoms with Crippen LogP contribution < -0.4 is 5.32 Å². The van der Waals surface area contributed by atoms with Crippen LogP contribution >= 0.6 is 11.3 Å². The van der Waals surface area contributed by atoms with E-state index in [1.807, 2.05) is 23.8 Å². The third-order valence-electron chi connectivity index (χ3n) is 3.54. The Labute approximate surface area is 109 Å². The summed E-state index contributed by atoms with van der Waals surface area (Å²) in [6.45, 7) is 2.64. The number of amides is 2. The number of carbonyl (C=O) groups excluding carboxylic acids is 1. The number of carbonyl (C=O) groups is 2. The summed E-state index contributed by atoms with van der Waals surface area (Å²) in [7, 11) is 0. The number of aliphatic carboxylic acids is 1. The minimum Gasteiger partial charge on any atom is -0.481 e. The fourth-order valence-electron chi connectivity index (χ4n) is 2.20. The molecular formula is C12H16N2O3S. The van der Waals surface area contributed by atoms with E-state index < -0.39 is 11.4 Å². The average molecular weight is 268 g/mol. The first kappa shape index (κ1) is 12.9. The number of carboxylic acids is 1. The molecule has 6 heteroatoms. The maximum atomic E-state index is 12.0. The van der Waals surface area contributed by atoms with E-state index in [0.717, 1.165) is 5.69 Å². The number of hydrogen-bond acceptors (Lipinski definition) is 3. The minimum absolute atomic E-state index is 0.218. The second-order valence-electron chi connectivity index (χ2n) is 4.55. The number of hydrogen-bond donors (Lipinski definition) is 2. The zero-order valence-electron chi connectivity index (χ0n) is 10.2. The number of carboxylic acid groups (broad SMARTS) is 1. The molecule has 0 saturated carbocycles. The van der Waals surface area contributed by atoms with E-state index in [2.05, 4.69) is 5.32 Å². The standard InChI is InChI=1S/C12H16N2O3S/c1-2-12(10(15)16)4-5-14(8-12)11(17)13-9-3-6-18-7-9/h3,6-7H,2,4-5,8H2,1H3,(H,13,17)(H,15,16). The molecule has 1 aliphatic heterocycles. The lowest BCUT2D eigenvalue weighted by Gasteiger charge is -2.23. The van der Waals surface area contributed by atoms with Gasteiger partial charge >= 0.3 is 12.0 Å². The van der Waals surface area contributed by atoms with Gasteiger partial charge in [-0.1, -0.05) is 6.92 Å². The number of anilines is 1. The number of urea groups is 1. The molecule has 2 N–H and O–H groups in total. The molecule has 1 aromatic heterocycles. The number of thiophene rings is 1. The maximum Gasteiger partial charge on any atom is 0.321 e. The quantitative estimate of drug-likeness (QED) is 0.884. The smallest absolute Gasteiger partial charge is 0.321 e. The lowest BCUT2D eigenvalue weighted by molar-refractivity contribution is -0.148. The van der Waals surface area contributed by atoms with Gasteiger partial charge in [-0.05, 0) is 24.3 Å². The van der Waals surface area contributed by atoms with Crippen molar-refractivity contribution in [2.24, 2.45) is 5.41 Å². The van der Waals surface area contributed by atoms with Crippen molar-refractivity contribution in [2.75, 3.05) is 18.4 Å². The average Bonchev–Trinajstić information content (AvgIpc) is 2.97. The Balaban J connectivity index is 2.00. The molecule has 0 spiro atoms. The highest BCUT2D eigenvalue weighted by Crippen LogP contribution is 2.34. The summed E-state index contributed by atoms with van der Waals surface area (Å²) in [5.41, 5.74) is -0.0132. The van der Waals surface area contributed by atoms with Gasteiger partial charge in [0.05, 0.1) is 11.1 Å². The van der Waals surface area contributed by atoms with Gasteiger partial charge in [-0.25, -0.2) is 4.79 Å².